The van der Waals surface area contributed by atoms with E-state index in [1.165, 1.54) is 0 Å². The Morgan fingerprint density at radius 1 is 1.46 bits per heavy atom. The van der Waals surface area contributed by atoms with Crippen LogP contribution in [-0.2, 0) is 0 Å². The summed E-state index contributed by atoms with van der Waals surface area (Å²) in [5, 5.41) is 0. The minimum absolute atomic E-state index is 0.536. The van der Waals surface area contributed by atoms with Gasteiger partial charge in [-0.15, -0.1) is 0 Å². The number of rotatable bonds is 3. The quantitative estimate of drug-likeness (QED) is 0.711. The van der Waals surface area contributed by atoms with Crippen molar-refractivity contribution in [1.29, 1.82) is 0 Å². The van der Waals surface area contributed by atoms with E-state index in [4.69, 9.17) is 5.73 Å². The molecular formula is C11H13NO. The molecule has 1 aromatic rings. The minimum Gasteiger partial charge on any atom is -0.327 e. The molecule has 2 N–H and O–H groups in total. The lowest BCUT2D eigenvalue weighted by Crippen LogP contribution is -1.92. The number of carbonyl (C=O) groups excluding carboxylic acids is 1. The third-order valence-corrected chi connectivity index (χ3v) is 1.87. The number of aryl methyl sites for hydroxylation is 1. The summed E-state index contributed by atoms with van der Waals surface area (Å²) in [5.74, 6) is 0. The molecule has 0 aromatic heterocycles. The van der Waals surface area contributed by atoms with Crippen LogP contribution in [0.4, 0.5) is 0 Å². The van der Waals surface area contributed by atoms with Gasteiger partial charge in [0.05, 0.1) is 0 Å². The minimum atomic E-state index is 0.536. The predicted molar refractivity (Wildman–Crippen MR) is 54.7 cm³/mol. The number of hydrogen-bond donors (Lipinski definition) is 1. The molecule has 2 heteroatoms. The van der Waals surface area contributed by atoms with Crippen LogP contribution in [0.25, 0.3) is 6.08 Å². The van der Waals surface area contributed by atoms with Gasteiger partial charge in [0.2, 0.25) is 0 Å². The Morgan fingerprint density at radius 3 is 2.77 bits per heavy atom. The monoisotopic (exact) mass is 175 g/mol. The zero-order valence-electron chi connectivity index (χ0n) is 7.66. The highest BCUT2D eigenvalue weighted by Crippen LogP contribution is 2.10. The first-order valence-electron chi connectivity index (χ1n) is 4.20. The zero-order valence-corrected chi connectivity index (χ0v) is 7.66. The molecule has 0 amide bonds. The van der Waals surface area contributed by atoms with Gasteiger partial charge in [0.25, 0.3) is 0 Å². The average Bonchev–Trinajstić information content (AvgIpc) is 2.15. The fraction of sp³-hybridized carbons (Fsp3) is 0.182. The first-order chi connectivity index (χ1) is 6.27. The van der Waals surface area contributed by atoms with E-state index >= 15 is 0 Å². The number of aldehydes is 1. The topological polar surface area (TPSA) is 43.1 Å². The van der Waals surface area contributed by atoms with E-state index in [1.54, 1.807) is 0 Å². The molecule has 0 atom stereocenters. The Morgan fingerprint density at radius 2 is 2.23 bits per heavy atom. The van der Waals surface area contributed by atoms with Crippen LogP contribution in [0.15, 0.2) is 24.3 Å². The second-order valence-electron chi connectivity index (χ2n) is 2.87. The van der Waals surface area contributed by atoms with E-state index < -0.39 is 0 Å². The number of nitrogens with two attached hydrogens (primary N) is 1. The normalized spacial score (nSPS) is 10.6. The van der Waals surface area contributed by atoms with Crippen LogP contribution in [0.1, 0.15) is 21.5 Å². The Balaban J connectivity index is 2.95. The first-order valence-corrected chi connectivity index (χ1v) is 4.20. The maximum atomic E-state index is 10.5. The van der Waals surface area contributed by atoms with Crippen molar-refractivity contribution in [3.63, 3.8) is 0 Å². The smallest absolute Gasteiger partial charge is 0.150 e. The average molecular weight is 175 g/mol. The molecule has 0 unspecified atom stereocenters. The molecule has 0 heterocycles. The standard InChI is InChI=1S/C11H13NO/c1-9-7-10(3-2-6-12)4-5-11(9)8-13/h2-5,7-8H,6,12H2,1H3. The number of carbonyl (C=O) groups is 1. The third-order valence-electron chi connectivity index (χ3n) is 1.87. The van der Waals surface area contributed by atoms with Gasteiger partial charge in [-0.2, -0.15) is 0 Å². The van der Waals surface area contributed by atoms with Crippen molar-refractivity contribution in [3.05, 3.63) is 41.0 Å². The lowest BCUT2D eigenvalue weighted by molar-refractivity contribution is 0.112. The van der Waals surface area contributed by atoms with Crippen LogP contribution in [-0.4, -0.2) is 12.8 Å². The van der Waals surface area contributed by atoms with Crippen LogP contribution in [0.2, 0.25) is 0 Å². The van der Waals surface area contributed by atoms with Gasteiger partial charge >= 0.3 is 0 Å². The second-order valence-corrected chi connectivity index (χ2v) is 2.87. The fourth-order valence-corrected chi connectivity index (χ4v) is 1.14. The van der Waals surface area contributed by atoms with Gasteiger partial charge in [0, 0.05) is 12.1 Å². The molecule has 0 spiro atoms. The summed E-state index contributed by atoms with van der Waals surface area (Å²) in [7, 11) is 0. The van der Waals surface area contributed by atoms with E-state index in [0.717, 1.165) is 23.0 Å². The number of hydrogen-bond acceptors (Lipinski definition) is 2. The zero-order chi connectivity index (χ0) is 9.68. The van der Waals surface area contributed by atoms with Crippen molar-refractivity contribution < 1.29 is 4.79 Å². The van der Waals surface area contributed by atoms with E-state index in [0.29, 0.717) is 6.54 Å². The molecule has 0 aliphatic rings. The Kier molecular flexibility index (Phi) is 3.41. The van der Waals surface area contributed by atoms with Gasteiger partial charge in [0.15, 0.2) is 0 Å². The molecule has 0 fully saturated rings. The molecule has 0 aliphatic heterocycles. The molecule has 0 bridgehead atoms. The third kappa shape index (κ3) is 2.53. The van der Waals surface area contributed by atoms with Gasteiger partial charge in [-0.25, -0.2) is 0 Å². The Bertz CT molecular complexity index is 329. The Hall–Kier alpha value is -1.41. The van der Waals surface area contributed by atoms with Crippen LogP contribution >= 0.6 is 0 Å². The summed E-state index contributed by atoms with van der Waals surface area (Å²) in [4.78, 5) is 10.5. The molecule has 2 nitrogen and oxygen atoms in total. The number of benzene rings is 1. The van der Waals surface area contributed by atoms with Crippen molar-refractivity contribution in [2.75, 3.05) is 6.54 Å². The van der Waals surface area contributed by atoms with E-state index in [1.807, 2.05) is 37.3 Å². The fourth-order valence-electron chi connectivity index (χ4n) is 1.14. The summed E-state index contributed by atoms with van der Waals surface area (Å²) in [5.41, 5.74) is 8.14. The molecule has 0 saturated carbocycles. The Labute approximate surface area is 78.1 Å². The highest BCUT2D eigenvalue weighted by atomic mass is 16.1. The molecular weight excluding hydrogens is 162 g/mol. The molecule has 68 valence electrons. The van der Waals surface area contributed by atoms with E-state index in [-0.39, 0.29) is 0 Å². The van der Waals surface area contributed by atoms with Crippen molar-refractivity contribution >= 4 is 12.4 Å². The van der Waals surface area contributed by atoms with Crippen LogP contribution in [0.3, 0.4) is 0 Å². The van der Waals surface area contributed by atoms with Crippen LogP contribution in [0.5, 0.6) is 0 Å². The molecule has 0 aliphatic carbocycles. The van der Waals surface area contributed by atoms with Crippen molar-refractivity contribution in [2.45, 2.75) is 6.92 Å². The largest absolute Gasteiger partial charge is 0.327 e. The van der Waals surface area contributed by atoms with Gasteiger partial charge in [-0.3, -0.25) is 4.79 Å². The SMILES string of the molecule is Cc1cc(C=CCN)ccc1C=O. The van der Waals surface area contributed by atoms with E-state index in [2.05, 4.69) is 0 Å². The van der Waals surface area contributed by atoms with E-state index in [9.17, 15) is 4.79 Å². The highest BCUT2D eigenvalue weighted by Gasteiger charge is 1.95. The summed E-state index contributed by atoms with van der Waals surface area (Å²) < 4.78 is 0. The second kappa shape index (κ2) is 4.58. The predicted octanol–water partition coefficient (Wildman–Crippen LogP) is 1.78. The molecule has 13 heavy (non-hydrogen) atoms. The van der Waals surface area contributed by atoms with Gasteiger partial charge in [0.1, 0.15) is 6.29 Å². The van der Waals surface area contributed by atoms with Crippen LogP contribution in [0, 0.1) is 6.92 Å². The molecule has 1 aromatic carbocycles. The maximum Gasteiger partial charge on any atom is 0.150 e. The summed E-state index contributed by atoms with van der Waals surface area (Å²) in [6.45, 7) is 2.46. The maximum absolute atomic E-state index is 10.5. The van der Waals surface area contributed by atoms with Crippen molar-refractivity contribution in [1.82, 2.24) is 0 Å². The first kappa shape index (κ1) is 9.68. The van der Waals surface area contributed by atoms with Crippen molar-refractivity contribution in [3.8, 4) is 0 Å². The molecule has 0 radical (unpaired) electrons. The molecule has 0 saturated heterocycles. The summed E-state index contributed by atoms with van der Waals surface area (Å²) in [6.07, 6.45) is 4.70. The molecule has 1 rings (SSSR count). The van der Waals surface area contributed by atoms with Gasteiger partial charge in [-0.05, 0) is 18.1 Å². The summed E-state index contributed by atoms with van der Waals surface area (Å²) in [6, 6.07) is 5.69. The van der Waals surface area contributed by atoms with Crippen LogP contribution < -0.4 is 5.73 Å². The lowest BCUT2D eigenvalue weighted by Gasteiger charge is -1.99. The van der Waals surface area contributed by atoms with Crippen molar-refractivity contribution in [2.24, 2.45) is 5.73 Å². The van der Waals surface area contributed by atoms with Gasteiger partial charge < -0.3 is 5.73 Å². The lowest BCUT2D eigenvalue weighted by atomic mass is 10.1. The highest BCUT2D eigenvalue weighted by molar-refractivity contribution is 5.77. The summed E-state index contributed by atoms with van der Waals surface area (Å²) >= 11 is 0. The van der Waals surface area contributed by atoms with Gasteiger partial charge in [-0.1, -0.05) is 30.4 Å².